The highest BCUT2D eigenvalue weighted by Crippen LogP contribution is 2.08. The fraction of sp³-hybridized carbons (Fsp3) is 0.500. The van der Waals surface area contributed by atoms with E-state index in [1.54, 1.807) is 0 Å². The number of hydrogen-bond donors (Lipinski definition) is 2. The van der Waals surface area contributed by atoms with Crippen molar-refractivity contribution in [3.8, 4) is 0 Å². The minimum absolute atomic E-state index is 0. The van der Waals surface area contributed by atoms with E-state index >= 15 is 0 Å². The molecule has 0 spiro atoms. The summed E-state index contributed by atoms with van der Waals surface area (Å²) < 4.78 is 26.4. The maximum absolute atomic E-state index is 11.9. The third-order valence-electron chi connectivity index (χ3n) is 3.31. The maximum atomic E-state index is 11.9. The Balaban J connectivity index is 0.00000264. The summed E-state index contributed by atoms with van der Waals surface area (Å²) in [7, 11) is -3.34. The molecule has 130 valence electrons. The van der Waals surface area contributed by atoms with Crippen LogP contribution in [0.3, 0.4) is 0 Å². The SMILES string of the molecule is I.NC(=NCCS(=O)(=O)NCc1ccccc1)N1CCSCC1. The van der Waals surface area contributed by atoms with Crippen LogP contribution in [-0.2, 0) is 16.6 Å². The van der Waals surface area contributed by atoms with Gasteiger partial charge in [0.2, 0.25) is 10.0 Å². The molecular formula is C14H23IN4O2S2. The van der Waals surface area contributed by atoms with Crippen molar-refractivity contribution in [3.63, 3.8) is 0 Å². The van der Waals surface area contributed by atoms with Crippen molar-refractivity contribution in [2.75, 3.05) is 36.9 Å². The Bertz CT molecular complexity index is 590. The number of hydrogen-bond acceptors (Lipinski definition) is 4. The number of aliphatic imine (C=N–C) groups is 1. The monoisotopic (exact) mass is 470 g/mol. The van der Waals surface area contributed by atoms with Crippen LogP contribution in [0.4, 0.5) is 0 Å². The molecular weight excluding hydrogens is 447 g/mol. The average Bonchev–Trinajstić information content (AvgIpc) is 2.55. The highest BCUT2D eigenvalue weighted by Gasteiger charge is 2.13. The molecule has 0 unspecified atom stereocenters. The molecule has 0 atom stereocenters. The summed E-state index contributed by atoms with van der Waals surface area (Å²) in [4.78, 5) is 6.18. The minimum Gasteiger partial charge on any atom is -0.370 e. The Morgan fingerprint density at radius 3 is 2.57 bits per heavy atom. The quantitative estimate of drug-likeness (QED) is 0.369. The summed E-state index contributed by atoms with van der Waals surface area (Å²) in [5.74, 6) is 2.46. The first-order valence-corrected chi connectivity index (χ1v) is 10.0. The molecule has 3 N–H and O–H groups in total. The van der Waals surface area contributed by atoms with Crippen LogP contribution in [0.1, 0.15) is 5.56 Å². The number of guanidine groups is 1. The van der Waals surface area contributed by atoms with Crippen LogP contribution >= 0.6 is 35.7 Å². The lowest BCUT2D eigenvalue weighted by atomic mass is 10.2. The van der Waals surface area contributed by atoms with E-state index in [0.29, 0.717) is 12.5 Å². The van der Waals surface area contributed by atoms with Crippen molar-refractivity contribution in [3.05, 3.63) is 35.9 Å². The molecule has 0 radical (unpaired) electrons. The summed E-state index contributed by atoms with van der Waals surface area (Å²) in [6.45, 7) is 2.23. The van der Waals surface area contributed by atoms with Crippen molar-refractivity contribution >= 4 is 51.7 Å². The molecule has 0 saturated carbocycles. The largest absolute Gasteiger partial charge is 0.370 e. The molecule has 0 aliphatic carbocycles. The fourth-order valence-electron chi connectivity index (χ4n) is 2.03. The van der Waals surface area contributed by atoms with Crippen molar-refractivity contribution in [2.45, 2.75) is 6.54 Å². The van der Waals surface area contributed by atoms with Gasteiger partial charge in [-0.3, -0.25) is 4.99 Å². The van der Waals surface area contributed by atoms with E-state index in [1.807, 2.05) is 47.0 Å². The number of rotatable bonds is 6. The molecule has 0 aromatic heterocycles. The van der Waals surface area contributed by atoms with E-state index in [0.717, 1.165) is 30.2 Å². The number of halogens is 1. The third kappa shape index (κ3) is 7.73. The van der Waals surface area contributed by atoms with Gasteiger partial charge < -0.3 is 10.6 Å². The Morgan fingerprint density at radius 1 is 1.26 bits per heavy atom. The van der Waals surface area contributed by atoms with Gasteiger partial charge in [0.25, 0.3) is 0 Å². The molecule has 0 bridgehead atoms. The lowest BCUT2D eigenvalue weighted by Crippen LogP contribution is -2.43. The highest BCUT2D eigenvalue weighted by molar-refractivity contribution is 14.0. The lowest BCUT2D eigenvalue weighted by molar-refractivity contribution is 0.456. The third-order valence-corrected chi connectivity index (χ3v) is 5.55. The molecule has 1 aromatic carbocycles. The summed E-state index contributed by atoms with van der Waals surface area (Å²) in [5, 5.41) is 0. The molecule has 2 rings (SSSR count). The average molecular weight is 470 g/mol. The zero-order valence-electron chi connectivity index (χ0n) is 12.8. The highest BCUT2D eigenvalue weighted by atomic mass is 127. The van der Waals surface area contributed by atoms with E-state index in [-0.39, 0.29) is 36.3 Å². The van der Waals surface area contributed by atoms with Gasteiger partial charge in [-0.15, -0.1) is 24.0 Å². The predicted molar refractivity (Wildman–Crippen MR) is 108 cm³/mol. The van der Waals surface area contributed by atoms with Crippen LogP contribution in [0, 0.1) is 0 Å². The van der Waals surface area contributed by atoms with Crippen molar-refractivity contribution < 1.29 is 8.42 Å². The van der Waals surface area contributed by atoms with Gasteiger partial charge in [0.05, 0.1) is 12.3 Å². The van der Waals surface area contributed by atoms with Crippen LogP contribution in [-0.4, -0.2) is 56.2 Å². The Kier molecular flexibility index (Phi) is 9.25. The van der Waals surface area contributed by atoms with Crippen molar-refractivity contribution in [1.29, 1.82) is 0 Å². The molecule has 1 aliphatic rings. The van der Waals surface area contributed by atoms with Crippen LogP contribution < -0.4 is 10.5 Å². The predicted octanol–water partition coefficient (Wildman–Crippen LogP) is 1.09. The van der Waals surface area contributed by atoms with Gasteiger partial charge in [0.15, 0.2) is 5.96 Å². The number of nitrogens with zero attached hydrogens (tertiary/aromatic N) is 2. The first-order chi connectivity index (χ1) is 10.6. The van der Waals surface area contributed by atoms with Crippen molar-refractivity contribution in [2.24, 2.45) is 10.7 Å². The molecule has 6 nitrogen and oxygen atoms in total. The Hall–Kier alpha value is -0.520. The molecule has 23 heavy (non-hydrogen) atoms. The van der Waals surface area contributed by atoms with E-state index in [2.05, 4.69) is 9.71 Å². The summed E-state index contributed by atoms with van der Waals surface area (Å²) >= 11 is 1.89. The summed E-state index contributed by atoms with van der Waals surface area (Å²) in [6, 6.07) is 9.42. The second kappa shape index (κ2) is 10.4. The van der Waals surface area contributed by atoms with E-state index in [4.69, 9.17) is 5.73 Å². The van der Waals surface area contributed by atoms with Crippen LogP contribution in [0.5, 0.6) is 0 Å². The van der Waals surface area contributed by atoms with Crippen LogP contribution in [0.2, 0.25) is 0 Å². The standard InChI is InChI=1S/C14H22N4O2S2.HI/c15-14(18-7-9-21-10-8-18)16-6-11-22(19,20)17-12-13-4-2-1-3-5-13;/h1-5,17H,6-12H2,(H2,15,16);1H. The number of sulfonamides is 1. The zero-order valence-corrected chi connectivity index (χ0v) is 16.8. The second-order valence-corrected chi connectivity index (χ2v) is 8.12. The lowest BCUT2D eigenvalue weighted by Gasteiger charge is -2.27. The Labute approximate surface area is 159 Å². The van der Waals surface area contributed by atoms with E-state index in [1.165, 1.54) is 0 Å². The van der Waals surface area contributed by atoms with Crippen LogP contribution in [0.15, 0.2) is 35.3 Å². The van der Waals surface area contributed by atoms with E-state index < -0.39 is 10.0 Å². The molecule has 1 fully saturated rings. The number of thioether (sulfide) groups is 1. The normalized spacial score (nSPS) is 16.0. The van der Waals surface area contributed by atoms with Gasteiger partial charge in [-0.2, -0.15) is 11.8 Å². The first kappa shape index (κ1) is 20.5. The minimum atomic E-state index is -3.34. The van der Waals surface area contributed by atoms with Crippen LogP contribution in [0.25, 0.3) is 0 Å². The second-order valence-electron chi connectivity index (χ2n) is 4.96. The van der Waals surface area contributed by atoms with E-state index in [9.17, 15) is 8.42 Å². The van der Waals surface area contributed by atoms with Crippen molar-refractivity contribution in [1.82, 2.24) is 9.62 Å². The summed E-state index contributed by atoms with van der Waals surface area (Å²) in [5.41, 5.74) is 6.82. The fourth-order valence-corrected chi connectivity index (χ4v) is 3.80. The molecule has 1 heterocycles. The molecule has 1 saturated heterocycles. The molecule has 9 heteroatoms. The number of nitrogens with two attached hydrogens (primary N) is 1. The first-order valence-electron chi connectivity index (χ1n) is 7.21. The van der Waals surface area contributed by atoms with Gasteiger partial charge in [-0.05, 0) is 5.56 Å². The van der Waals surface area contributed by atoms with Gasteiger partial charge >= 0.3 is 0 Å². The Morgan fingerprint density at radius 2 is 1.91 bits per heavy atom. The molecule has 1 aromatic rings. The molecule has 1 aliphatic heterocycles. The number of benzene rings is 1. The number of nitrogens with one attached hydrogen (secondary N) is 1. The summed E-state index contributed by atoms with van der Waals surface area (Å²) in [6.07, 6.45) is 0. The zero-order chi connectivity index (χ0) is 15.8. The van der Waals surface area contributed by atoms with Gasteiger partial charge in [0.1, 0.15) is 0 Å². The van der Waals surface area contributed by atoms with Gasteiger partial charge in [-0.1, -0.05) is 30.3 Å². The maximum Gasteiger partial charge on any atom is 0.213 e. The topological polar surface area (TPSA) is 87.8 Å². The molecule has 0 amide bonds. The smallest absolute Gasteiger partial charge is 0.213 e. The van der Waals surface area contributed by atoms with Gasteiger partial charge in [-0.25, -0.2) is 13.1 Å². The van der Waals surface area contributed by atoms with Gasteiger partial charge in [0, 0.05) is 31.1 Å².